The lowest BCUT2D eigenvalue weighted by molar-refractivity contribution is 0.415. The monoisotopic (exact) mass is 304 g/mol. The largest absolute Gasteiger partial charge is 0.497 e. The first-order valence-electron chi connectivity index (χ1n) is 5.32. The molecule has 0 fully saturated rings. The number of fused-ring (bicyclic) bond motifs is 1. The van der Waals surface area contributed by atoms with E-state index >= 15 is 0 Å². The predicted octanol–water partition coefficient (Wildman–Crippen LogP) is 3.66. The van der Waals surface area contributed by atoms with Gasteiger partial charge in [-0.2, -0.15) is 0 Å². The standard InChI is InChI=1S/C13H9BrN2O2/c1-17-9-5-10(14)12-11(6-9)16-13(18-12)8-3-2-4-15-7-8/h2-7H,1H3. The van der Waals surface area contributed by atoms with Crippen LogP contribution >= 0.6 is 15.9 Å². The summed E-state index contributed by atoms with van der Waals surface area (Å²) in [5, 5.41) is 0. The zero-order valence-electron chi connectivity index (χ0n) is 9.55. The Morgan fingerprint density at radius 3 is 2.94 bits per heavy atom. The number of oxazole rings is 1. The third-order valence-electron chi connectivity index (χ3n) is 2.56. The van der Waals surface area contributed by atoms with Crippen molar-refractivity contribution in [2.75, 3.05) is 7.11 Å². The van der Waals surface area contributed by atoms with Crippen molar-refractivity contribution in [3.8, 4) is 17.2 Å². The van der Waals surface area contributed by atoms with Crippen LogP contribution < -0.4 is 4.74 Å². The van der Waals surface area contributed by atoms with E-state index in [0.29, 0.717) is 11.5 Å². The highest BCUT2D eigenvalue weighted by molar-refractivity contribution is 9.10. The fourth-order valence-corrected chi connectivity index (χ4v) is 2.21. The van der Waals surface area contributed by atoms with Crippen LogP contribution in [-0.2, 0) is 0 Å². The van der Waals surface area contributed by atoms with E-state index in [4.69, 9.17) is 9.15 Å². The van der Waals surface area contributed by atoms with E-state index in [1.54, 1.807) is 19.5 Å². The molecule has 0 aliphatic heterocycles. The van der Waals surface area contributed by atoms with E-state index in [1.807, 2.05) is 24.3 Å². The van der Waals surface area contributed by atoms with Gasteiger partial charge in [-0.3, -0.25) is 4.98 Å². The lowest BCUT2D eigenvalue weighted by Crippen LogP contribution is -1.82. The summed E-state index contributed by atoms with van der Waals surface area (Å²) < 4.78 is 11.7. The summed E-state index contributed by atoms with van der Waals surface area (Å²) in [6.07, 6.45) is 3.43. The zero-order valence-corrected chi connectivity index (χ0v) is 11.1. The van der Waals surface area contributed by atoms with Crippen LogP contribution in [0.3, 0.4) is 0 Å². The molecule has 0 aliphatic carbocycles. The van der Waals surface area contributed by atoms with Crippen LogP contribution in [0.15, 0.2) is 45.5 Å². The molecule has 3 rings (SSSR count). The summed E-state index contributed by atoms with van der Waals surface area (Å²) in [6.45, 7) is 0. The van der Waals surface area contributed by atoms with Gasteiger partial charge in [0.1, 0.15) is 11.3 Å². The van der Waals surface area contributed by atoms with Gasteiger partial charge in [0.25, 0.3) is 0 Å². The third kappa shape index (κ3) is 1.86. The van der Waals surface area contributed by atoms with Gasteiger partial charge in [0.05, 0.1) is 17.1 Å². The van der Waals surface area contributed by atoms with Crippen molar-refractivity contribution >= 4 is 27.0 Å². The molecule has 0 spiro atoms. The highest BCUT2D eigenvalue weighted by Gasteiger charge is 2.12. The second-order valence-electron chi connectivity index (χ2n) is 3.72. The predicted molar refractivity (Wildman–Crippen MR) is 71.5 cm³/mol. The van der Waals surface area contributed by atoms with Crippen LogP contribution in [0.1, 0.15) is 0 Å². The number of hydrogen-bond acceptors (Lipinski definition) is 4. The Morgan fingerprint density at radius 1 is 1.33 bits per heavy atom. The molecule has 90 valence electrons. The van der Waals surface area contributed by atoms with Gasteiger partial charge in [-0.05, 0) is 34.1 Å². The van der Waals surface area contributed by atoms with Crippen LogP contribution in [0.25, 0.3) is 22.6 Å². The number of methoxy groups -OCH3 is 1. The van der Waals surface area contributed by atoms with Gasteiger partial charge in [-0.1, -0.05) is 0 Å². The van der Waals surface area contributed by atoms with Gasteiger partial charge in [0.2, 0.25) is 5.89 Å². The first-order valence-corrected chi connectivity index (χ1v) is 6.11. The second kappa shape index (κ2) is 4.42. The molecule has 0 amide bonds. The molecular formula is C13H9BrN2O2. The van der Waals surface area contributed by atoms with E-state index in [-0.39, 0.29) is 0 Å². The van der Waals surface area contributed by atoms with Crippen molar-refractivity contribution in [2.24, 2.45) is 0 Å². The lowest BCUT2D eigenvalue weighted by Gasteiger charge is -1.98. The van der Waals surface area contributed by atoms with E-state index < -0.39 is 0 Å². The number of nitrogens with zero attached hydrogens (tertiary/aromatic N) is 2. The molecule has 2 heterocycles. The average molecular weight is 305 g/mol. The number of aromatic nitrogens is 2. The first kappa shape index (κ1) is 11.2. The van der Waals surface area contributed by atoms with Crippen molar-refractivity contribution in [3.05, 3.63) is 41.1 Å². The molecule has 1 aromatic carbocycles. The van der Waals surface area contributed by atoms with Crippen molar-refractivity contribution in [2.45, 2.75) is 0 Å². The molecule has 18 heavy (non-hydrogen) atoms. The molecular weight excluding hydrogens is 296 g/mol. The minimum Gasteiger partial charge on any atom is -0.497 e. The molecule has 0 bridgehead atoms. The summed E-state index contributed by atoms with van der Waals surface area (Å²) in [5.74, 6) is 1.28. The molecule has 0 aliphatic rings. The minimum absolute atomic E-state index is 0.548. The fraction of sp³-hybridized carbons (Fsp3) is 0.0769. The topological polar surface area (TPSA) is 48.2 Å². The summed E-state index contributed by atoms with van der Waals surface area (Å²) in [4.78, 5) is 8.49. The highest BCUT2D eigenvalue weighted by Crippen LogP contribution is 2.32. The maximum Gasteiger partial charge on any atom is 0.228 e. The maximum atomic E-state index is 5.73. The van der Waals surface area contributed by atoms with E-state index in [1.165, 1.54) is 0 Å². The molecule has 5 heteroatoms. The molecule has 0 atom stereocenters. The summed E-state index contributed by atoms with van der Waals surface area (Å²) >= 11 is 3.45. The lowest BCUT2D eigenvalue weighted by atomic mass is 10.3. The molecule has 3 aromatic rings. The molecule has 2 aromatic heterocycles. The smallest absolute Gasteiger partial charge is 0.228 e. The van der Waals surface area contributed by atoms with E-state index in [0.717, 1.165) is 21.3 Å². The highest BCUT2D eigenvalue weighted by atomic mass is 79.9. The summed E-state index contributed by atoms with van der Waals surface area (Å²) in [7, 11) is 1.62. The van der Waals surface area contributed by atoms with Crippen LogP contribution in [0, 0.1) is 0 Å². The van der Waals surface area contributed by atoms with Crippen molar-refractivity contribution in [3.63, 3.8) is 0 Å². The average Bonchev–Trinajstić information content (AvgIpc) is 2.84. The van der Waals surface area contributed by atoms with Crippen LogP contribution in [0.2, 0.25) is 0 Å². The van der Waals surface area contributed by atoms with Gasteiger partial charge in [0.15, 0.2) is 5.58 Å². The fourth-order valence-electron chi connectivity index (χ4n) is 1.70. The Hall–Kier alpha value is -1.88. The Balaban J connectivity index is 2.20. The van der Waals surface area contributed by atoms with Crippen LogP contribution in [0.4, 0.5) is 0 Å². The van der Waals surface area contributed by atoms with E-state index in [2.05, 4.69) is 25.9 Å². The molecule has 0 N–H and O–H groups in total. The van der Waals surface area contributed by atoms with Gasteiger partial charge in [0, 0.05) is 18.5 Å². The Kier molecular flexibility index (Phi) is 2.76. The third-order valence-corrected chi connectivity index (χ3v) is 3.15. The van der Waals surface area contributed by atoms with Gasteiger partial charge in [-0.15, -0.1) is 0 Å². The van der Waals surface area contributed by atoms with Crippen molar-refractivity contribution in [1.29, 1.82) is 0 Å². The Labute approximate surface area is 112 Å². The van der Waals surface area contributed by atoms with Gasteiger partial charge >= 0.3 is 0 Å². The van der Waals surface area contributed by atoms with Gasteiger partial charge < -0.3 is 9.15 Å². The number of rotatable bonds is 2. The number of halogens is 1. The quantitative estimate of drug-likeness (QED) is 0.725. The molecule has 0 saturated carbocycles. The molecule has 0 radical (unpaired) electrons. The van der Waals surface area contributed by atoms with Gasteiger partial charge in [-0.25, -0.2) is 4.98 Å². The van der Waals surface area contributed by atoms with Crippen LogP contribution in [-0.4, -0.2) is 17.1 Å². The normalized spacial score (nSPS) is 10.8. The zero-order chi connectivity index (χ0) is 12.5. The van der Waals surface area contributed by atoms with Crippen molar-refractivity contribution in [1.82, 2.24) is 9.97 Å². The number of benzene rings is 1. The Morgan fingerprint density at radius 2 is 2.22 bits per heavy atom. The number of hydrogen-bond donors (Lipinski definition) is 0. The maximum absolute atomic E-state index is 5.73. The Bertz CT molecular complexity index is 695. The minimum atomic E-state index is 0.548. The number of ether oxygens (including phenoxy) is 1. The second-order valence-corrected chi connectivity index (χ2v) is 4.57. The molecule has 0 saturated heterocycles. The SMILES string of the molecule is COc1cc(Br)c2oc(-c3cccnc3)nc2c1. The summed E-state index contributed by atoms with van der Waals surface area (Å²) in [5.41, 5.74) is 2.30. The molecule has 4 nitrogen and oxygen atoms in total. The van der Waals surface area contributed by atoms with E-state index in [9.17, 15) is 0 Å². The van der Waals surface area contributed by atoms with Crippen LogP contribution in [0.5, 0.6) is 5.75 Å². The van der Waals surface area contributed by atoms with Crippen molar-refractivity contribution < 1.29 is 9.15 Å². The number of pyridine rings is 1. The molecule has 0 unspecified atom stereocenters. The summed E-state index contributed by atoms with van der Waals surface area (Å²) in [6, 6.07) is 7.44. The first-order chi connectivity index (χ1) is 8.78.